The monoisotopic (exact) mass is 398 g/mol. The minimum absolute atomic E-state index is 0. The number of hydrogen-bond acceptors (Lipinski definition) is 0. The molecule has 0 amide bonds. The van der Waals surface area contributed by atoms with Gasteiger partial charge < -0.3 is 11.5 Å². The summed E-state index contributed by atoms with van der Waals surface area (Å²) in [6, 6.07) is 16.5. The third-order valence-corrected chi connectivity index (χ3v) is 1.66. The molecular formula is C14H22HfN2. The zero-order chi connectivity index (χ0) is 12.8. The third kappa shape index (κ3) is 15.5. The van der Waals surface area contributed by atoms with E-state index in [1.54, 1.807) is 0 Å². The quantitative estimate of drug-likeness (QED) is 0.455. The second-order valence-corrected chi connectivity index (χ2v) is 2.92. The molecule has 0 fully saturated rings. The summed E-state index contributed by atoms with van der Waals surface area (Å²) in [5, 5.41) is 0. The van der Waals surface area contributed by atoms with Crippen LogP contribution in [-0.2, 0) is 25.8 Å². The van der Waals surface area contributed by atoms with Gasteiger partial charge in [-0.1, -0.05) is 13.8 Å². The Balaban J connectivity index is -0.000000171. The van der Waals surface area contributed by atoms with Crippen LogP contribution in [0.2, 0.25) is 0 Å². The number of nitrogens with one attached hydrogen (secondary N) is 2. The predicted molar refractivity (Wildman–Crippen MR) is 74.0 cm³/mol. The van der Waals surface area contributed by atoms with E-state index in [0.29, 0.717) is 0 Å². The third-order valence-electron chi connectivity index (χ3n) is 1.66. The molecule has 0 aliphatic heterocycles. The first-order chi connectivity index (χ1) is 7.79. The Bertz CT molecular complexity index is 254. The van der Waals surface area contributed by atoms with Crippen molar-refractivity contribution in [1.82, 2.24) is 0 Å². The van der Waals surface area contributed by atoms with Gasteiger partial charge in [-0.3, -0.25) is 0 Å². The summed E-state index contributed by atoms with van der Waals surface area (Å²) < 4.78 is 0. The Kier molecular flexibility index (Phi) is 22.9. The summed E-state index contributed by atoms with van der Waals surface area (Å²) in [7, 11) is 2.50. The molecule has 2 rings (SSSR count). The Hall–Kier alpha value is -0.510. The maximum absolute atomic E-state index is 5.75. The molecule has 0 saturated heterocycles. The fourth-order valence-electron chi connectivity index (χ4n) is 0.940. The summed E-state index contributed by atoms with van der Waals surface area (Å²) in [5.41, 5.74) is 14.2. The fraction of sp³-hybridized carbons (Fsp3) is 0.286. The minimum Gasteiger partial charge on any atom is -0.680 e. The fourth-order valence-corrected chi connectivity index (χ4v) is 0.940. The maximum atomic E-state index is 5.75. The van der Waals surface area contributed by atoms with Gasteiger partial charge in [0.05, 0.1) is 0 Å². The van der Waals surface area contributed by atoms with Crippen molar-refractivity contribution in [2.24, 2.45) is 0 Å². The Labute approximate surface area is 125 Å². The molecule has 2 N–H and O–H groups in total. The maximum Gasteiger partial charge on any atom is 4.00 e. The van der Waals surface area contributed by atoms with E-state index in [1.165, 1.54) is 25.2 Å². The Morgan fingerprint density at radius 2 is 0.765 bits per heavy atom. The van der Waals surface area contributed by atoms with Crippen LogP contribution in [0.1, 0.15) is 11.1 Å². The second kappa shape index (κ2) is 17.9. The van der Waals surface area contributed by atoms with E-state index < -0.39 is 0 Å². The van der Waals surface area contributed by atoms with Crippen molar-refractivity contribution < 1.29 is 25.8 Å². The van der Waals surface area contributed by atoms with Crippen molar-refractivity contribution in [2.75, 3.05) is 14.1 Å². The second-order valence-electron chi connectivity index (χ2n) is 2.92. The predicted octanol–water partition coefficient (Wildman–Crippen LogP) is 4.76. The van der Waals surface area contributed by atoms with Crippen LogP contribution in [0.15, 0.2) is 48.5 Å². The minimum atomic E-state index is 0. The first-order valence-corrected chi connectivity index (χ1v) is 5.15. The van der Waals surface area contributed by atoms with Gasteiger partial charge in [-0.05, 0) is 0 Å². The summed E-state index contributed by atoms with van der Waals surface area (Å²) in [5.74, 6) is 0. The van der Waals surface area contributed by atoms with Crippen LogP contribution >= 0.6 is 0 Å². The van der Waals surface area contributed by atoms with Gasteiger partial charge in [0, 0.05) is 0 Å². The normalized spacial score (nSPS) is 6.94. The van der Waals surface area contributed by atoms with Crippen LogP contribution in [0.25, 0.3) is 11.5 Å². The van der Waals surface area contributed by atoms with Crippen molar-refractivity contribution in [2.45, 2.75) is 13.8 Å². The van der Waals surface area contributed by atoms with Gasteiger partial charge in [-0.25, -0.2) is 24.3 Å². The van der Waals surface area contributed by atoms with Gasteiger partial charge in [0.1, 0.15) is 0 Å². The van der Waals surface area contributed by atoms with Crippen molar-refractivity contribution in [3.8, 4) is 0 Å². The molecule has 0 aromatic heterocycles. The molecule has 2 nitrogen and oxygen atoms in total. The molecule has 17 heavy (non-hydrogen) atoms. The average Bonchev–Trinajstić information content (AvgIpc) is 2.98. The molecule has 2 aromatic rings. The van der Waals surface area contributed by atoms with E-state index in [-0.39, 0.29) is 25.8 Å². The largest absolute Gasteiger partial charge is 4.00 e. The molecule has 0 atom stereocenters. The van der Waals surface area contributed by atoms with Crippen molar-refractivity contribution >= 4 is 0 Å². The average molecular weight is 397 g/mol. The van der Waals surface area contributed by atoms with Gasteiger partial charge in [0.15, 0.2) is 0 Å². The number of rotatable bonds is 0. The molecule has 92 valence electrons. The Morgan fingerprint density at radius 3 is 0.824 bits per heavy atom. The molecule has 3 heteroatoms. The van der Waals surface area contributed by atoms with Crippen LogP contribution < -0.4 is 0 Å². The summed E-state index contributed by atoms with van der Waals surface area (Å²) in [6.45, 7) is 4.17. The van der Waals surface area contributed by atoms with Crippen molar-refractivity contribution in [3.05, 3.63) is 71.1 Å². The summed E-state index contributed by atoms with van der Waals surface area (Å²) >= 11 is 0. The Morgan fingerprint density at radius 1 is 0.588 bits per heavy atom. The smallest absolute Gasteiger partial charge is 0.680 e. The SMILES string of the molecule is C[NH-].C[NH-].C[c-]1cccc1.C[c-]1cccc1.[Hf+4]. The first-order valence-electron chi connectivity index (χ1n) is 5.15. The topological polar surface area (TPSA) is 47.6 Å². The molecule has 0 aliphatic rings. The molecular weight excluding hydrogens is 375 g/mol. The molecule has 0 saturated carbocycles. The summed E-state index contributed by atoms with van der Waals surface area (Å²) in [4.78, 5) is 0. The number of aryl methyl sites for hydroxylation is 2. The van der Waals surface area contributed by atoms with Gasteiger partial charge in [0.2, 0.25) is 0 Å². The molecule has 0 heterocycles. The zero-order valence-corrected chi connectivity index (χ0v) is 14.7. The van der Waals surface area contributed by atoms with E-state index in [9.17, 15) is 0 Å². The van der Waals surface area contributed by atoms with Crippen LogP contribution in [-0.4, -0.2) is 14.1 Å². The van der Waals surface area contributed by atoms with Gasteiger partial charge in [-0.15, -0.1) is 0 Å². The van der Waals surface area contributed by atoms with E-state index in [1.807, 2.05) is 24.3 Å². The molecule has 0 radical (unpaired) electrons. The van der Waals surface area contributed by atoms with E-state index in [0.717, 1.165) is 0 Å². The van der Waals surface area contributed by atoms with Crippen molar-refractivity contribution in [1.29, 1.82) is 0 Å². The van der Waals surface area contributed by atoms with Crippen LogP contribution in [0.5, 0.6) is 0 Å². The first kappa shape index (κ1) is 21.7. The molecule has 0 aliphatic carbocycles. The number of hydrogen-bond donors (Lipinski definition) is 0. The van der Waals surface area contributed by atoms with Crippen LogP contribution in [0, 0.1) is 13.8 Å². The summed E-state index contributed by atoms with van der Waals surface area (Å²) in [6.07, 6.45) is 0. The van der Waals surface area contributed by atoms with E-state index in [2.05, 4.69) is 38.1 Å². The van der Waals surface area contributed by atoms with Gasteiger partial charge >= 0.3 is 25.8 Å². The van der Waals surface area contributed by atoms with E-state index >= 15 is 0 Å². The van der Waals surface area contributed by atoms with Gasteiger partial charge in [0.25, 0.3) is 0 Å². The molecule has 0 bridgehead atoms. The van der Waals surface area contributed by atoms with Crippen LogP contribution in [0.4, 0.5) is 0 Å². The van der Waals surface area contributed by atoms with Gasteiger partial charge in [-0.2, -0.15) is 49.5 Å². The standard InChI is InChI=1S/2C6H7.2CH4N.Hf/c2*1-6-4-2-3-5-6;2*1-2;/h2*2-5H,1H3;2*2H,1H3;/q4*-1;+4. The molecule has 0 spiro atoms. The van der Waals surface area contributed by atoms with E-state index in [4.69, 9.17) is 11.5 Å². The van der Waals surface area contributed by atoms with Crippen LogP contribution in [0.3, 0.4) is 0 Å². The zero-order valence-electron chi connectivity index (χ0n) is 11.1. The molecule has 2 aromatic carbocycles. The van der Waals surface area contributed by atoms with Crippen molar-refractivity contribution in [3.63, 3.8) is 0 Å². The molecule has 0 unspecified atom stereocenters.